The van der Waals surface area contributed by atoms with Crippen LogP contribution in [0.4, 0.5) is 0 Å². The zero-order valence-corrected chi connectivity index (χ0v) is 9.19. The fourth-order valence-corrected chi connectivity index (χ4v) is 1.95. The molecule has 3 heteroatoms. The molecule has 1 heterocycles. The van der Waals surface area contributed by atoms with Crippen LogP contribution >= 0.6 is 0 Å². The van der Waals surface area contributed by atoms with E-state index in [1.165, 1.54) is 0 Å². The second-order valence-electron chi connectivity index (χ2n) is 3.78. The summed E-state index contributed by atoms with van der Waals surface area (Å²) in [6, 6.07) is 0. The zero-order chi connectivity index (χ0) is 10.7. The van der Waals surface area contributed by atoms with E-state index >= 15 is 0 Å². The second-order valence-corrected chi connectivity index (χ2v) is 3.78. The minimum Gasteiger partial charge on any atom is -0.457 e. The predicted octanol–water partition coefficient (Wildman–Crippen LogP) is 1.78. The first-order chi connectivity index (χ1) is 6.61. The van der Waals surface area contributed by atoms with Crippen molar-refractivity contribution in [3.8, 4) is 0 Å². The van der Waals surface area contributed by atoms with E-state index in [2.05, 4.69) is 0 Å². The molecule has 3 nitrogen and oxygen atoms in total. The number of carbonyl (C=O) groups is 1. The van der Waals surface area contributed by atoms with Gasteiger partial charge in [-0.15, -0.1) is 0 Å². The van der Waals surface area contributed by atoms with Gasteiger partial charge in [0, 0.05) is 13.0 Å². The van der Waals surface area contributed by atoms with Crippen LogP contribution < -0.4 is 0 Å². The van der Waals surface area contributed by atoms with Crippen molar-refractivity contribution in [2.24, 2.45) is 11.8 Å². The Kier molecular flexibility index (Phi) is 3.69. The van der Waals surface area contributed by atoms with E-state index in [0.717, 1.165) is 0 Å². The highest BCUT2D eigenvalue weighted by Crippen LogP contribution is 2.28. The maximum Gasteiger partial charge on any atom is 0.311 e. The summed E-state index contributed by atoms with van der Waals surface area (Å²) in [7, 11) is 1.64. The quantitative estimate of drug-likeness (QED) is 0.501. The predicted molar refractivity (Wildman–Crippen MR) is 53.8 cm³/mol. The van der Waals surface area contributed by atoms with E-state index < -0.39 is 0 Å². The summed E-state index contributed by atoms with van der Waals surface area (Å²) in [5.74, 6) is -0.126. The molecule has 14 heavy (non-hydrogen) atoms. The molecule has 0 radical (unpaired) electrons. The van der Waals surface area contributed by atoms with Crippen LogP contribution in [0, 0.1) is 11.8 Å². The normalized spacial score (nSPS) is 38.7. The fraction of sp³-hybridized carbons (Fsp3) is 0.727. The van der Waals surface area contributed by atoms with Crippen molar-refractivity contribution >= 4 is 5.97 Å². The van der Waals surface area contributed by atoms with E-state index in [9.17, 15) is 4.79 Å². The third-order valence-corrected chi connectivity index (χ3v) is 2.81. The van der Waals surface area contributed by atoms with Gasteiger partial charge in [0.25, 0.3) is 0 Å². The first kappa shape index (κ1) is 11.2. The lowest BCUT2D eigenvalue weighted by molar-refractivity contribution is -0.175. The molecule has 0 saturated carbocycles. The largest absolute Gasteiger partial charge is 0.457 e. The topological polar surface area (TPSA) is 35.5 Å². The van der Waals surface area contributed by atoms with Crippen molar-refractivity contribution in [1.29, 1.82) is 0 Å². The van der Waals surface area contributed by atoms with Gasteiger partial charge in [-0.2, -0.15) is 0 Å². The molecular formula is C11H18O3. The lowest BCUT2D eigenvalue weighted by Gasteiger charge is -2.36. The standard InChI is InChI=1S/C11H18O3/c1-5-6-9-7(2)10(13-4)8(3)11(12)14-9/h5-10H,1-4H3/b6-5+/t7-,8+,9+,10-/m0/s1. The molecule has 80 valence electrons. The Labute approximate surface area is 85.1 Å². The number of rotatable bonds is 2. The van der Waals surface area contributed by atoms with Crippen LogP contribution in [0.25, 0.3) is 0 Å². The average molecular weight is 198 g/mol. The van der Waals surface area contributed by atoms with E-state index in [1.54, 1.807) is 7.11 Å². The smallest absolute Gasteiger partial charge is 0.311 e. The van der Waals surface area contributed by atoms with E-state index in [4.69, 9.17) is 9.47 Å². The molecule has 0 unspecified atom stereocenters. The Bertz CT molecular complexity index is 235. The highest BCUT2D eigenvalue weighted by atomic mass is 16.6. The number of methoxy groups -OCH3 is 1. The summed E-state index contributed by atoms with van der Waals surface area (Å²) in [5.41, 5.74) is 0. The average Bonchev–Trinajstić information content (AvgIpc) is 2.16. The number of cyclic esters (lactones) is 1. The minimum absolute atomic E-state index is 0.0440. The Hall–Kier alpha value is -0.830. The number of hydrogen-bond acceptors (Lipinski definition) is 3. The maximum atomic E-state index is 11.5. The zero-order valence-electron chi connectivity index (χ0n) is 9.19. The molecule has 1 saturated heterocycles. The molecule has 1 aliphatic heterocycles. The molecule has 0 N–H and O–H groups in total. The van der Waals surface area contributed by atoms with Crippen LogP contribution in [0.1, 0.15) is 20.8 Å². The molecule has 0 bridgehead atoms. The van der Waals surface area contributed by atoms with Gasteiger partial charge in [-0.25, -0.2) is 0 Å². The van der Waals surface area contributed by atoms with Crippen LogP contribution in [-0.2, 0) is 14.3 Å². The summed E-state index contributed by atoms with van der Waals surface area (Å²) in [6.07, 6.45) is 3.61. The van der Waals surface area contributed by atoms with Gasteiger partial charge in [-0.05, 0) is 19.9 Å². The molecule has 1 aliphatic rings. The van der Waals surface area contributed by atoms with Crippen molar-refractivity contribution in [1.82, 2.24) is 0 Å². The van der Waals surface area contributed by atoms with Gasteiger partial charge >= 0.3 is 5.97 Å². The van der Waals surface area contributed by atoms with Gasteiger partial charge in [0.1, 0.15) is 6.10 Å². The first-order valence-corrected chi connectivity index (χ1v) is 4.98. The molecule has 0 aromatic rings. The summed E-state index contributed by atoms with van der Waals surface area (Å²) in [4.78, 5) is 11.5. The molecule has 0 aliphatic carbocycles. The number of carbonyl (C=O) groups excluding carboxylic acids is 1. The molecule has 1 fully saturated rings. The molecule has 0 amide bonds. The van der Waals surface area contributed by atoms with Crippen molar-refractivity contribution in [3.05, 3.63) is 12.2 Å². The van der Waals surface area contributed by atoms with Crippen molar-refractivity contribution < 1.29 is 14.3 Å². The number of hydrogen-bond donors (Lipinski definition) is 0. The highest BCUT2D eigenvalue weighted by molar-refractivity contribution is 5.74. The summed E-state index contributed by atoms with van der Waals surface area (Å²) in [5, 5.41) is 0. The minimum atomic E-state index is -0.170. The van der Waals surface area contributed by atoms with Gasteiger partial charge in [-0.1, -0.05) is 13.0 Å². The monoisotopic (exact) mass is 198 g/mol. The molecule has 0 aromatic heterocycles. The lowest BCUT2D eigenvalue weighted by atomic mass is 9.86. The first-order valence-electron chi connectivity index (χ1n) is 4.98. The van der Waals surface area contributed by atoms with Crippen LogP contribution in [0.3, 0.4) is 0 Å². The number of esters is 1. The molecule has 1 rings (SSSR count). The Morgan fingerprint density at radius 1 is 1.43 bits per heavy atom. The van der Waals surface area contributed by atoms with E-state index in [0.29, 0.717) is 0 Å². The SMILES string of the molecule is C/C=C/[C@H]1OC(=O)[C@H](C)[C@@H](OC)[C@H]1C. The molecule has 4 atom stereocenters. The third-order valence-electron chi connectivity index (χ3n) is 2.81. The van der Waals surface area contributed by atoms with Gasteiger partial charge < -0.3 is 9.47 Å². The highest BCUT2D eigenvalue weighted by Gasteiger charge is 2.40. The fourth-order valence-electron chi connectivity index (χ4n) is 1.95. The van der Waals surface area contributed by atoms with Gasteiger partial charge in [0.15, 0.2) is 0 Å². The summed E-state index contributed by atoms with van der Waals surface area (Å²) >= 11 is 0. The lowest BCUT2D eigenvalue weighted by Crippen LogP contribution is -2.46. The van der Waals surface area contributed by atoms with E-state index in [1.807, 2.05) is 32.9 Å². The Morgan fingerprint density at radius 3 is 2.57 bits per heavy atom. The van der Waals surface area contributed by atoms with Crippen LogP contribution in [0.2, 0.25) is 0 Å². The molecular weight excluding hydrogens is 180 g/mol. The van der Waals surface area contributed by atoms with E-state index in [-0.39, 0.29) is 30.0 Å². The van der Waals surface area contributed by atoms with Gasteiger partial charge in [0.05, 0.1) is 12.0 Å². The van der Waals surface area contributed by atoms with Crippen LogP contribution in [0.15, 0.2) is 12.2 Å². The number of ether oxygens (including phenoxy) is 2. The van der Waals surface area contributed by atoms with Crippen LogP contribution in [0.5, 0.6) is 0 Å². The second kappa shape index (κ2) is 4.60. The van der Waals surface area contributed by atoms with Crippen molar-refractivity contribution in [2.75, 3.05) is 7.11 Å². The third kappa shape index (κ3) is 1.98. The Morgan fingerprint density at radius 2 is 2.07 bits per heavy atom. The molecule has 0 aromatic carbocycles. The van der Waals surface area contributed by atoms with Gasteiger partial charge in [-0.3, -0.25) is 4.79 Å². The summed E-state index contributed by atoms with van der Waals surface area (Å²) < 4.78 is 10.6. The molecule has 0 spiro atoms. The number of allylic oxidation sites excluding steroid dienone is 1. The van der Waals surface area contributed by atoms with Gasteiger partial charge in [0.2, 0.25) is 0 Å². The maximum absolute atomic E-state index is 11.5. The summed E-state index contributed by atoms with van der Waals surface area (Å²) in [6.45, 7) is 5.81. The van der Waals surface area contributed by atoms with Crippen molar-refractivity contribution in [2.45, 2.75) is 33.0 Å². The van der Waals surface area contributed by atoms with Crippen LogP contribution in [-0.4, -0.2) is 25.3 Å². The van der Waals surface area contributed by atoms with Crippen molar-refractivity contribution in [3.63, 3.8) is 0 Å². The Balaban J connectivity index is 2.80.